The summed E-state index contributed by atoms with van der Waals surface area (Å²) < 4.78 is 0. The van der Waals surface area contributed by atoms with Crippen molar-refractivity contribution in [2.75, 3.05) is 37.6 Å². The second-order valence-electron chi connectivity index (χ2n) is 6.95. The topological polar surface area (TPSA) is 6.48 Å². The molecular weight excluding hydrogens is 368 g/mol. The molecule has 3 heterocycles. The SMILES string of the molecule is C(CCCN1CCN(c2ccccc2)CC1)=C(c1ccsc1)c1ccsc1. The summed E-state index contributed by atoms with van der Waals surface area (Å²) >= 11 is 3.55. The Morgan fingerprint density at radius 1 is 0.852 bits per heavy atom. The lowest BCUT2D eigenvalue weighted by Gasteiger charge is -2.36. The van der Waals surface area contributed by atoms with Crippen LogP contribution in [0.1, 0.15) is 24.0 Å². The van der Waals surface area contributed by atoms with Gasteiger partial charge in [0.1, 0.15) is 0 Å². The van der Waals surface area contributed by atoms with Crippen molar-refractivity contribution >= 4 is 33.9 Å². The predicted octanol–water partition coefficient (Wildman–Crippen LogP) is 5.84. The summed E-state index contributed by atoms with van der Waals surface area (Å²) in [6, 6.07) is 15.3. The molecule has 4 rings (SSSR count). The fourth-order valence-corrected chi connectivity index (χ4v) is 4.98. The van der Waals surface area contributed by atoms with E-state index in [1.54, 1.807) is 22.7 Å². The first-order valence-electron chi connectivity index (χ1n) is 9.68. The number of hydrogen-bond donors (Lipinski definition) is 0. The van der Waals surface area contributed by atoms with Crippen LogP contribution in [0.25, 0.3) is 5.57 Å². The van der Waals surface area contributed by atoms with E-state index in [0.717, 1.165) is 19.5 Å². The Morgan fingerprint density at radius 3 is 2.11 bits per heavy atom. The van der Waals surface area contributed by atoms with Crippen LogP contribution in [0.15, 0.2) is 70.1 Å². The van der Waals surface area contributed by atoms with Gasteiger partial charge in [-0.2, -0.15) is 22.7 Å². The molecule has 0 N–H and O–H groups in total. The summed E-state index contributed by atoms with van der Waals surface area (Å²) in [5, 5.41) is 8.85. The van der Waals surface area contributed by atoms with E-state index in [1.807, 2.05) is 0 Å². The Balaban J connectivity index is 1.27. The molecule has 0 saturated carbocycles. The molecular formula is C23H26N2S2. The van der Waals surface area contributed by atoms with Crippen molar-refractivity contribution < 1.29 is 0 Å². The molecule has 0 unspecified atom stereocenters. The van der Waals surface area contributed by atoms with Gasteiger partial charge >= 0.3 is 0 Å². The summed E-state index contributed by atoms with van der Waals surface area (Å²) in [7, 11) is 0. The van der Waals surface area contributed by atoms with Crippen LogP contribution < -0.4 is 4.90 Å². The molecule has 3 aromatic rings. The number of rotatable bonds is 7. The molecule has 27 heavy (non-hydrogen) atoms. The number of para-hydroxylation sites is 1. The van der Waals surface area contributed by atoms with Gasteiger partial charge in [-0.25, -0.2) is 0 Å². The van der Waals surface area contributed by atoms with Crippen molar-refractivity contribution in [2.45, 2.75) is 12.8 Å². The molecule has 2 aromatic heterocycles. The van der Waals surface area contributed by atoms with Crippen molar-refractivity contribution in [2.24, 2.45) is 0 Å². The maximum Gasteiger partial charge on any atom is 0.0367 e. The highest BCUT2D eigenvalue weighted by Crippen LogP contribution is 2.27. The average Bonchev–Trinajstić information content (AvgIpc) is 3.44. The van der Waals surface area contributed by atoms with Crippen LogP contribution in [0.3, 0.4) is 0 Å². The van der Waals surface area contributed by atoms with Gasteiger partial charge in [-0.1, -0.05) is 24.3 Å². The van der Waals surface area contributed by atoms with E-state index in [1.165, 1.54) is 48.4 Å². The minimum atomic E-state index is 1.13. The molecule has 0 bridgehead atoms. The Hall–Kier alpha value is -1.88. The van der Waals surface area contributed by atoms with Crippen molar-refractivity contribution in [1.82, 2.24) is 4.90 Å². The van der Waals surface area contributed by atoms with E-state index in [9.17, 15) is 0 Å². The van der Waals surface area contributed by atoms with Gasteiger partial charge in [-0.15, -0.1) is 0 Å². The molecule has 1 aromatic carbocycles. The van der Waals surface area contributed by atoms with Crippen LogP contribution >= 0.6 is 22.7 Å². The van der Waals surface area contributed by atoms with E-state index in [0.29, 0.717) is 0 Å². The lowest BCUT2D eigenvalue weighted by molar-refractivity contribution is 0.255. The highest BCUT2D eigenvalue weighted by molar-refractivity contribution is 7.08. The van der Waals surface area contributed by atoms with Crippen LogP contribution in [0.4, 0.5) is 5.69 Å². The van der Waals surface area contributed by atoms with Gasteiger partial charge in [-0.3, -0.25) is 4.90 Å². The second kappa shape index (κ2) is 9.36. The molecule has 1 aliphatic heterocycles. The van der Waals surface area contributed by atoms with E-state index in [2.05, 4.69) is 79.9 Å². The van der Waals surface area contributed by atoms with Gasteiger partial charge in [-0.05, 0) is 81.9 Å². The van der Waals surface area contributed by atoms with Crippen LogP contribution in [0.2, 0.25) is 0 Å². The quantitative estimate of drug-likeness (QED) is 0.464. The molecule has 140 valence electrons. The first-order chi connectivity index (χ1) is 13.4. The Labute approximate surface area is 170 Å². The van der Waals surface area contributed by atoms with Crippen molar-refractivity contribution in [3.63, 3.8) is 0 Å². The number of hydrogen-bond acceptors (Lipinski definition) is 4. The van der Waals surface area contributed by atoms with Crippen LogP contribution in [-0.4, -0.2) is 37.6 Å². The van der Waals surface area contributed by atoms with Crippen molar-refractivity contribution in [1.29, 1.82) is 0 Å². The number of unbranched alkanes of at least 4 members (excludes halogenated alkanes) is 1. The number of allylic oxidation sites excluding steroid dienone is 1. The highest BCUT2D eigenvalue weighted by Gasteiger charge is 2.16. The fraction of sp³-hybridized carbons (Fsp3) is 0.304. The Morgan fingerprint density at radius 2 is 1.52 bits per heavy atom. The van der Waals surface area contributed by atoms with E-state index in [4.69, 9.17) is 0 Å². The van der Waals surface area contributed by atoms with Crippen molar-refractivity contribution in [3.8, 4) is 0 Å². The van der Waals surface area contributed by atoms with Gasteiger partial charge in [0, 0.05) is 31.9 Å². The van der Waals surface area contributed by atoms with Gasteiger partial charge in [0.05, 0.1) is 0 Å². The highest BCUT2D eigenvalue weighted by atomic mass is 32.1. The predicted molar refractivity (Wildman–Crippen MR) is 120 cm³/mol. The molecule has 0 radical (unpaired) electrons. The van der Waals surface area contributed by atoms with E-state index < -0.39 is 0 Å². The maximum atomic E-state index is 2.61. The van der Waals surface area contributed by atoms with E-state index in [-0.39, 0.29) is 0 Å². The van der Waals surface area contributed by atoms with E-state index >= 15 is 0 Å². The summed E-state index contributed by atoms with van der Waals surface area (Å²) in [6.45, 7) is 5.80. The van der Waals surface area contributed by atoms with Gasteiger partial charge in [0.2, 0.25) is 0 Å². The lowest BCUT2D eigenvalue weighted by Crippen LogP contribution is -2.46. The molecule has 0 spiro atoms. The normalized spacial score (nSPS) is 15.0. The third-order valence-corrected chi connectivity index (χ3v) is 6.55. The first-order valence-corrected chi connectivity index (χ1v) is 11.6. The van der Waals surface area contributed by atoms with Crippen LogP contribution in [0, 0.1) is 0 Å². The third kappa shape index (κ3) is 4.89. The maximum absolute atomic E-state index is 2.61. The molecule has 1 aliphatic rings. The van der Waals surface area contributed by atoms with Gasteiger partial charge in [0.25, 0.3) is 0 Å². The van der Waals surface area contributed by atoms with Gasteiger partial charge in [0.15, 0.2) is 0 Å². The molecule has 1 fully saturated rings. The zero-order valence-corrected chi connectivity index (χ0v) is 17.2. The first kappa shape index (κ1) is 18.5. The zero-order chi connectivity index (χ0) is 18.3. The molecule has 0 atom stereocenters. The Bertz CT molecular complexity index is 778. The number of benzene rings is 1. The molecule has 0 amide bonds. The third-order valence-electron chi connectivity index (χ3n) is 5.18. The monoisotopic (exact) mass is 394 g/mol. The molecule has 2 nitrogen and oxygen atoms in total. The molecule has 0 aliphatic carbocycles. The second-order valence-corrected chi connectivity index (χ2v) is 8.51. The zero-order valence-electron chi connectivity index (χ0n) is 15.6. The molecule has 4 heteroatoms. The smallest absolute Gasteiger partial charge is 0.0367 e. The summed E-state index contributed by atoms with van der Waals surface area (Å²) in [5.74, 6) is 0. The minimum Gasteiger partial charge on any atom is -0.369 e. The summed E-state index contributed by atoms with van der Waals surface area (Å²) in [6.07, 6.45) is 4.80. The number of thiophene rings is 2. The number of piperazine rings is 1. The largest absolute Gasteiger partial charge is 0.369 e. The summed E-state index contributed by atoms with van der Waals surface area (Å²) in [5.41, 5.74) is 5.47. The van der Waals surface area contributed by atoms with Gasteiger partial charge < -0.3 is 4.90 Å². The number of nitrogens with zero attached hydrogens (tertiary/aromatic N) is 2. The molecule has 1 saturated heterocycles. The summed E-state index contributed by atoms with van der Waals surface area (Å²) in [4.78, 5) is 5.11. The Kier molecular flexibility index (Phi) is 6.40. The minimum absolute atomic E-state index is 1.13. The number of anilines is 1. The fourth-order valence-electron chi connectivity index (χ4n) is 3.67. The van der Waals surface area contributed by atoms with Crippen LogP contribution in [-0.2, 0) is 0 Å². The van der Waals surface area contributed by atoms with Crippen molar-refractivity contribution in [3.05, 3.63) is 81.2 Å². The lowest BCUT2D eigenvalue weighted by atomic mass is 10.0. The standard InChI is InChI=1S/C23H26N2S2/c1-2-6-22(7-3-1)25-14-12-24(13-15-25)11-5-4-8-23(20-9-16-26-18-20)21-10-17-27-19-21/h1-3,6-10,16-19H,4-5,11-15H2. The average molecular weight is 395 g/mol. The van der Waals surface area contributed by atoms with Crippen LogP contribution in [0.5, 0.6) is 0 Å².